The van der Waals surface area contributed by atoms with Crippen LogP contribution in [-0.4, -0.2) is 51.4 Å². The molecule has 2 unspecified atom stereocenters. The van der Waals surface area contributed by atoms with E-state index in [-0.39, 0.29) is 45.8 Å². The van der Waals surface area contributed by atoms with E-state index >= 15 is 0 Å². The molecule has 0 aliphatic carbocycles. The highest BCUT2D eigenvalue weighted by molar-refractivity contribution is 14.1. The molecule has 2 aromatic carbocycles. The topological polar surface area (TPSA) is 90.9 Å². The van der Waals surface area contributed by atoms with Crippen molar-refractivity contribution >= 4 is 69.5 Å². The van der Waals surface area contributed by atoms with Gasteiger partial charge in [0.1, 0.15) is 5.75 Å². The lowest BCUT2D eigenvalue weighted by atomic mass is 9.87. The van der Waals surface area contributed by atoms with E-state index in [1.54, 1.807) is 29.0 Å². The van der Waals surface area contributed by atoms with Crippen molar-refractivity contribution in [2.75, 3.05) is 24.3 Å². The van der Waals surface area contributed by atoms with E-state index in [1.165, 1.54) is 47.7 Å². The maximum atomic E-state index is 12.6. The minimum absolute atomic E-state index is 0.0371. The molecule has 0 spiro atoms. The van der Waals surface area contributed by atoms with Crippen molar-refractivity contribution in [3.63, 3.8) is 0 Å². The third-order valence-corrected chi connectivity index (χ3v) is 8.88. The van der Waals surface area contributed by atoms with Crippen LogP contribution in [0.4, 0.5) is 23.7 Å². The maximum absolute atomic E-state index is 12.6. The summed E-state index contributed by atoms with van der Waals surface area (Å²) < 4.78 is 78.1. The van der Waals surface area contributed by atoms with E-state index in [1.807, 2.05) is 6.92 Å². The Bertz CT molecular complexity index is 1420. The Kier molecular flexibility index (Phi) is 12.0. The van der Waals surface area contributed by atoms with E-state index in [2.05, 4.69) is 32.6 Å². The van der Waals surface area contributed by atoms with Crippen molar-refractivity contribution in [1.29, 1.82) is 0 Å². The number of carbonyl (C=O) groups is 1. The number of carbonyl (C=O) groups excluding carboxylic acids is 1. The summed E-state index contributed by atoms with van der Waals surface area (Å²) in [7, 11) is 2.28. The number of amides is 1. The summed E-state index contributed by atoms with van der Waals surface area (Å²) in [6.45, 7) is 0.664. The number of sulfone groups is 1. The van der Waals surface area contributed by atoms with E-state index < -0.39 is 28.7 Å². The SMILES string of the molecule is [B]C(C)C(I)COc1cc(/C=C/S(=O)(=O)CCc2ccc(OCC(F)(F)F)cc2)ccc1OC(=O)Nc1ccsc1. The van der Waals surface area contributed by atoms with Gasteiger partial charge in [-0.05, 0) is 59.3 Å². The molecular formula is C27H26BF3INO6S2. The van der Waals surface area contributed by atoms with Crippen LogP contribution >= 0.6 is 33.9 Å². The molecule has 2 atom stereocenters. The summed E-state index contributed by atoms with van der Waals surface area (Å²) in [6, 6.07) is 12.1. The molecular weight excluding hydrogens is 693 g/mol. The van der Waals surface area contributed by atoms with E-state index in [9.17, 15) is 26.4 Å². The lowest BCUT2D eigenvalue weighted by Crippen LogP contribution is -2.19. The highest BCUT2D eigenvalue weighted by atomic mass is 127. The summed E-state index contributed by atoms with van der Waals surface area (Å²) in [6.07, 6.45) is -3.60. The van der Waals surface area contributed by atoms with Gasteiger partial charge in [0, 0.05) is 14.7 Å². The van der Waals surface area contributed by atoms with Crippen LogP contribution in [0.5, 0.6) is 17.2 Å². The van der Waals surface area contributed by atoms with E-state index in [0.717, 1.165) is 5.41 Å². The van der Waals surface area contributed by atoms with E-state index in [0.29, 0.717) is 16.8 Å². The third kappa shape index (κ3) is 12.0. The Morgan fingerprint density at radius 1 is 1.12 bits per heavy atom. The second kappa shape index (κ2) is 15.0. The molecule has 3 rings (SSSR count). The number of hydrogen-bond acceptors (Lipinski definition) is 7. The summed E-state index contributed by atoms with van der Waals surface area (Å²) in [5.41, 5.74) is 1.70. The second-order valence-corrected chi connectivity index (χ2v) is 13.3. The van der Waals surface area contributed by atoms with Gasteiger partial charge in [0.25, 0.3) is 0 Å². The highest BCUT2D eigenvalue weighted by Gasteiger charge is 2.28. The fourth-order valence-electron chi connectivity index (χ4n) is 3.15. The molecule has 0 saturated heterocycles. The van der Waals surface area contributed by atoms with Gasteiger partial charge in [-0.15, -0.1) is 0 Å². The monoisotopic (exact) mass is 719 g/mol. The number of anilines is 1. The molecule has 1 aromatic heterocycles. The first-order chi connectivity index (χ1) is 19.3. The number of aryl methyl sites for hydroxylation is 1. The first kappa shape index (κ1) is 32.8. The molecule has 0 saturated carbocycles. The number of benzene rings is 2. The van der Waals surface area contributed by atoms with Gasteiger partial charge in [-0.25, -0.2) is 13.2 Å². The molecule has 1 amide bonds. The fraction of sp³-hybridized carbons (Fsp3) is 0.296. The number of hydrogen-bond donors (Lipinski definition) is 1. The standard InChI is InChI=1S/C27H26BF3INO6S2/c1-18(28)23(32)15-37-25-14-20(4-7-24(25)39-26(34)33-21-8-11-40-16-21)10-13-41(35,36)12-9-19-2-5-22(6-3-19)38-17-27(29,30)31/h2-8,10-11,13-14,16,18,23H,9,12,15,17H2,1H3,(H,33,34)/b13-10+. The van der Waals surface area contributed by atoms with Gasteiger partial charge in [-0.1, -0.05) is 53.5 Å². The van der Waals surface area contributed by atoms with Crippen molar-refractivity contribution in [3.05, 3.63) is 75.8 Å². The van der Waals surface area contributed by atoms with Gasteiger partial charge in [-0.3, -0.25) is 5.32 Å². The lowest BCUT2D eigenvalue weighted by molar-refractivity contribution is -0.153. The fourth-order valence-corrected chi connectivity index (χ4v) is 4.94. The Morgan fingerprint density at radius 3 is 2.49 bits per heavy atom. The molecule has 2 radical (unpaired) electrons. The number of ether oxygens (including phenoxy) is 3. The zero-order chi connectivity index (χ0) is 30.0. The van der Waals surface area contributed by atoms with Crippen LogP contribution in [-0.2, 0) is 16.3 Å². The summed E-state index contributed by atoms with van der Waals surface area (Å²) in [5, 5.41) is 7.23. The summed E-state index contributed by atoms with van der Waals surface area (Å²) in [4.78, 5) is 12.3. The van der Waals surface area contributed by atoms with Crippen molar-refractivity contribution in [1.82, 2.24) is 0 Å². The average molecular weight is 719 g/mol. The van der Waals surface area contributed by atoms with Crippen LogP contribution in [0.3, 0.4) is 0 Å². The molecule has 0 aliphatic heterocycles. The lowest BCUT2D eigenvalue weighted by Gasteiger charge is -2.17. The van der Waals surface area contributed by atoms with Crippen molar-refractivity contribution < 1.29 is 40.6 Å². The van der Waals surface area contributed by atoms with Crippen LogP contribution in [0.2, 0.25) is 5.82 Å². The van der Waals surface area contributed by atoms with Crippen LogP contribution in [0, 0.1) is 0 Å². The summed E-state index contributed by atoms with van der Waals surface area (Å²) in [5.74, 6) is 0.0512. The van der Waals surface area contributed by atoms with Crippen molar-refractivity contribution in [3.8, 4) is 17.2 Å². The molecule has 0 bridgehead atoms. The second-order valence-electron chi connectivity index (χ2n) is 8.89. The highest BCUT2D eigenvalue weighted by Crippen LogP contribution is 2.31. The first-order valence-corrected chi connectivity index (χ1v) is 16.1. The van der Waals surface area contributed by atoms with Crippen LogP contribution in [0.15, 0.2) is 64.7 Å². The number of alkyl halides is 4. The Morgan fingerprint density at radius 2 is 1.85 bits per heavy atom. The minimum atomic E-state index is -4.45. The number of rotatable bonds is 13. The Hall–Kier alpha value is -2.72. The molecule has 218 valence electrons. The molecule has 7 nitrogen and oxygen atoms in total. The molecule has 0 aliphatic rings. The predicted octanol–water partition coefficient (Wildman–Crippen LogP) is 7.09. The zero-order valence-corrected chi connectivity index (χ0v) is 25.6. The van der Waals surface area contributed by atoms with Crippen LogP contribution in [0.25, 0.3) is 6.08 Å². The average Bonchev–Trinajstić information content (AvgIpc) is 3.42. The minimum Gasteiger partial charge on any atom is -0.489 e. The normalized spacial score (nSPS) is 13.5. The molecule has 0 fully saturated rings. The zero-order valence-electron chi connectivity index (χ0n) is 21.8. The maximum Gasteiger partial charge on any atom is 0.422 e. The van der Waals surface area contributed by atoms with Crippen molar-refractivity contribution in [2.45, 2.75) is 29.3 Å². The number of halogens is 4. The van der Waals surface area contributed by atoms with Gasteiger partial charge in [-0.2, -0.15) is 24.5 Å². The van der Waals surface area contributed by atoms with Gasteiger partial charge in [0.2, 0.25) is 0 Å². The van der Waals surface area contributed by atoms with Gasteiger partial charge in [0.15, 0.2) is 27.9 Å². The molecule has 1 N–H and O–H groups in total. The Labute approximate surface area is 255 Å². The molecule has 3 aromatic rings. The van der Waals surface area contributed by atoms with Gasteiger partial charge >= 0.3 is 12.3 Å². The van der Waals surface area contributed by atoms with Gasteiger partial charge in [0.05, 0.1) is 25.9 Å². The third-order valence-electron chi connectivity index (χ3n) is 5.38. The van der Waals surface area contributed by atoms with Crippen LogP contribution in [0.1, 0.15) is 18.1 Å². The van der Waals surface area contributed by atoms with Crippen LogP contribution < -0.4 is 19.5 Å². The number of nitrogens with one attached hydrogen (secondary N) is 1. The largest absolute Gasteiger partial charge is 0.489 e. The molecule has 1 heterocycles. The molecule has 41 heavy (non-hydrogen) atoms. The van der Waals surface area contributed by atoms with E-state index in [4.69, 9.17) is 17.3 Å². The first-order valence-electron chi connectivity index (χ1n) is 12.2. The van der Waals surface area contributed by atoms with Crippen molar-refractivity contribution in [2.24, 2.45) is 0 Å². The Balaban J connectivity index is 1.66. The summed E-state index contributed by atoms with van der Waals surface area (Å²) >= 11 is 3.57. The molecule has 14 heteroatoms. The number of thiophene rings is 1. The smallest absolute Gasteiger partial charge is 0.422 e. The van der Waals surface area contributed by atoms with Gasteiger partial charge < -0.3 is 14.2 Å². The predicted molar refractivity (Wildman–Crippen MR) is 163 cm³/mol. The quantitative estimate of drug-likeness (QED) is 0.115.